The van der Waals surface area contributed by atoms with Crippen LogP contribution in [-0.4, -0.2) is 48.6 Å². The molecule has 2 aliphatic heterocycles. The standard InChI is InChI=1S/C19H24O6/c1-4-19(2,3)13-9-23-16-14(10-24-15(13)16)25-18(22)12-7-5-11(6-8-12)17(20)21/h5-8,13-16H,4,9-10H2,1-3H3,(H,20,21). The second-order valence-electron chi connectivity index (χ2n) is 7.37. The van der Waals surface area contributed by atoms with Crippen LogP contribution in [0.1, 0.15) is 47.9 Å². The van der Waals surface area contributed by atoms with E-state index in [0.717, 1.165) is 6.42 Å². The van der Waals surface area contributed by atoms with Gasteiger partial charge in [-0.25, -0.2) is 9.59 Å². The fraction of sp³-hybridized carbons (Fsp3) is 0.579. The van der Waals surface area contributed by atoms with Crippen LogP contribution in [0.5, 0.6) is 0 Å². The van der Waals surface area contributed by atoms with Crippen molar-refractivity contribution in [3.05, 3.63) is 35.4 Å². The van der Waals surface area contributed by atoms with Crippen molar-refractivity contribution in [1.82, 2.24) is 0 Å². The lowest BCUT2D eigenvalue weighted by Gasteiger charge is -2.32. The van der Waals surface area contributed by atoms with Crippen molar-refractivity contribution < 1.29 is 28.9 Å². The van der Waals surface area contributed by atoms with Crippen LogP contribution in [0.2, 0.25) is 0 Å². The summed E-state index contributed by atoms with van der Waals surface area (Å²) in [5.74, 6) is -1.25. The van der Waals surface area contributed by atoms with Gasteiger partial charge in [-0.1, -0.05) is 27.2 Å². The van der Waals surface area contributed by atoms with E-state index in [2.05, 4.69) is 20.8 Å². The largest absolute Gasteiger partial charge is 0.478 e. The van der Waals surface area contributed by atoms with E-state index in [1.807, 2.05) is 0 Å². The quantitative estimate of drug-likeness (QED) is 0.824. The minimum absolute atomic E-state index is 0.0536. The number of aromatic carboxylic acids is 1. The molecule has 136 valence electrons. The zero-order chi connectivity index (χ0) is 18.2. The lowest BCUT2D eigenvalue weighted by molar-refractivity contribution is -0.0199. The van der Waals surface area contributed by atoms with Crippen molar-refractivity contribution >= 4 is 11.9 Å². The van der Waals surface area contributed by atoms with Gasteiger partial charge in [0.05, 0.1) is 30.4 Å². The number of hydrogen-bond donors (Lipinski definition) is 1. The van der Waals surface area contributed by atoms with Gasteiger partial charge in [-0.15, -0.1) is 0 Å². The molecule has 0 amide bonds. The second-order valence-corrected chi connectivity index (χ2v) is 7.37. The Labute approximate surface area is 147 Å². The molecule has 0 aromatic heterocycles. The highest BCUT2D eigenvalue weighted by atomic mass is 16.6. The molecule has 6 heteroatoms. The number of ether oxygens (including phenoxy) is 3. The molecule has 2 saturated heterocycles. The third-order valence-electron chi connectivity index (χ3n) is 5.55. The zero-order valence-corrected chi connectivity index (χ0v) is 14.7. The molecule has 25 heavy (non-hydrogen) atoms. The summed E-state index contributed by atoms with van der Waals surface area (Å²) in [6, 6.07) is 5.69. The number of hydrogen-bond acceptors (Lipinski definition) is 5. The minimum Gasteiger partial charge on any atom is -0.478 e. The van der Waals surface area contributed by atoms with Crippen molar-refractivity contribution in [2.24, 2.45) is 11.3 Å². The Morgan fingerprint density at radius 3 is 2.32 bits per heavy atom. The average molecular weight is 348 g/mol. The fourth-order valence-electron chi connectivity index (χ4n) is 3.45. The lowest BCUT2D eigenvalue weighted by Crippen LogP contribution is -2.37. The Bertz CT molecular complexity index is 650. The Hall–Kier alpha value is -1.92. The third kappa shape index (κ3) is 3.41. The molecule has 2 fully saturated rings. The lowest BCUT2D eigenvalue weighted by atomic mass is 9.74. The van der Waals surface area contributed by atoms with Gasteiger partial charge in [-0.3, -0.25) is 0 Å². The van der Waals surface area contributed by atoms with E-state index >= 15 is 0 Å². The highest BCUT2D eigenvalue weighted by molar-refractivity contribution is 5.92. The van der Waals surface area contributed by atoms with Crippen LogP contribution < -0.4 is 0 Å². The van der Waals surface area contributed by atoms with Crippen LogP contribution in [0, 0.1) is 11.3 Å². The predicted octanol–water partition coefficient (Wildman–Crippen LogP) is 2.76. The average Bonchev–Trinajstić information content (AvgIpc) is 3.18. The molecule has 3 rings (SSSR count). The summed E-state index contributed by atoms with van der Waals surface area (Å²) in [5, 5.41) is 8.91. The van der Waals surface area contributed by atoms with Crippen LogP contribution in [-0.2, 0) is 14.2 Å². The van der Waals surface area contributed by atoms with Crippen molar-refractivity contribution in [3.8, 4) is 0 Å². The summed E-state index contributed by atoms with van der Waals surface area (Å²) in [6.07, 6.45) is 0.295. The van der Waals surface area contributed by atoms with E-state index in [4.69, 9.17) is 19.3 Å². The molecule has 2 aliphatic rings. The van der Waals surface area contributed by atoms with Crippen molar-refractivity contribution in [2.45, 2.75) is 45.5 Å². The van der Waals surface area contributed by atoms with E-state index in [0.29, 0.717) is 18.8 Å². The summed E-state index contributed by atoms with van der Waals surface area (Å²) in [7, 11) is 0. The first-order valence-corrected chi connectivity index (χ1v) is 8.61. The Balaban J connectivity index is 1.65. The molecule has 1 aromatic rings. The summed E-state index contributed by atoms with van der Waals surface area (Å²) >= 11 is 0. The van der Waals surface area contributed by atoms with Crippen molar-refractivity contribution in [1.29, 1.82) is 0 Å². The first-order chi connectivity index (χ1) is 11.8. The van der Waals surface area contributed by atoms with Gasteiger partial charge < -0.3 is 19.3 Å². The van der Waals surface area contributed by atoms with Crippen molar-refractivity contribution in [3.63, 3.8) is 0 Å². The Morgan fingerprint density at radius 1 is 1.12 bits per heavy atom. The highest BCUT2D eigenvalue weighted by Crippen LogP contribution is 2.43. The van der Waals surface area contributed by atoms with Gasteiger partial charge in [-0.2, -0.15) is 0 Å². The molecule has 6 nitrogen and oxygen atoms in total. The number of carbonyl (C=O) groups is 2. The minimum atomic E-state index is -1.03. The number of carbonyl (C=O) groups excluding carboxylic acids is 1. The number of fused-ring (bicyclic) bond motifs is 1. The molecular formula is C19H24O6. The number of carboxylic acids is 1. The van der Waals surface area contributed by atoms with E-state index in [1.165, 1.54) is 24.3 Å². The summed E-state index contributed by atoms with van der Waals surface area (Å²) in [4.78, 5) is 23.2. The van der Waals surface area contributed by atoms with Crippen LogP contribution in [0.25, 0.3) is 0 Å². The molecular weight excluding hydrogens is 324 g/mol. The summed E-state index contributed by atoms with van der Waals surface area (Å²) in [6.45, 7) is 7.49. The maximum Gasteiger partial charge on any atom is 0.338 e. The van der Waals surface area contributed by atoms with E-state index in [-0.39, 0.29) is 29.1 Å². The van der Waals surface area contributed by atoms with Gasteiger partial charge in [0.15, 0.2) is 6.10 Å². The SMILES string of the molecule is CCC(C)(C)C1COC2C(OC(=O)c3ccc(C(=O)O)cc3)COC21. The molecule has 0 radical (unpaired) electrons. The number of rotatable bonds is 5. The molecule has 4 unspecified atom stereocenters. The van der Waals surface area contributed by atoms with Gasteiger partial charge in [0, 0.05) is 5.92 Å². The Morgan fingerprint density at radius 2 is 1.72 bits per heavy atom. The summed E-state index contributed by atoms with van der Waals surface area (Å²) < 4.78 is 17.4. The van der Waals surface area contributed by atoms with Crippen molar-refractivity contribution in [2.75, 3.05) is 13.2 Å². The van der Waals surface area contributed by atoms with Gasteiger partial charge in [0.2, 0.25) is 0 Å². The van der Waals surface area contributed by atoms with E-state index < -0.39 is 18.0 Å². The maximum absolute atomic E-state index is 12.3. The Kier molecular flexibility index (Phi) is 4.84. The first kappa shape index (κ1) is 17.9. The number of carboxylic acid groups (broad SMARTS) is 1. The smallest absolute Gasteiger partial charge is 0.338 e. The molecule has 0 spiro atoms. The normalized spacial score (nSPS) is 28.6. The van der Waals surface area contributed by atoms with Crippen LogP contribution in [0.15, 0.2) is 24.3 Å². The molecule has 1 aromatic carbocycles. The third-order valence-corrected chi connectivity index (χ3v) is 5.55. The summed E-state index contributed by atoms with van der Waals surface area (Å²) in [5.41, 5.74) is 0.548. The topological polar surface area (TPSA) is 82.1 Å². The molecule has 0 saturated carbocycles. The molecule has 4 atom stereocenters. The van der Waals surface area contributed by atoms with Crippen LogP contribution in [0.4, 0.5) is 0 Å². The van der Waals surface area contributed by atoms with Gasteiger partial charge >= 0.3 is 11.9 Å². The van der Waals surface area contributed by atoms with Gasteiger partial charge in [0.25, 0.3) is 0 Å². The zero-order valence-electron chi connectivity index (χ0n) is 14.7. The van der Waals surface area contributed by atoms with E-state index in [1.54, 1.807) is 0 Å². The number of benzene rings is 1. The molecule has 2 heterocycles. The first-order valence-electron chi connectivity index (χ1n) is 8.61. The fourth-order valence-corrected chi connectivity index (χ4v) is 3.45. The monoisotopic (exact) mass is 348 g/mol. The number of esters is 1. The van der Waals surface area contributed by atoms with Crippen LogP contribution >= 0.6 is 0 Å². The van der Waals surface area contributed by atoms with Gasteiger partial charge in [0.1, 0.15) is 6.10 Å². The van der Waals surface area contributed by atoms with E-state index in [9.17, 15) is 9.59 Å². The predicted molar refractivity (Wildman–Crippen MR) is 89.6 cm³/mol. The van der Waals surface area contributed by atoms with Crippen LogP contribution in [0.3, 0.4) is 0 Å². The molecule has 1 N–H and O–H groups in total. The molecule has 0 aliphatic carbocycles. The van der Waals surface area contributed by atoms with Gasteiger partial charge in [-0.05, 0) is 29.7 Å². The maximum atomic E-state index is 12.3. The highest BCUT2D eigenvalue weighted by Gasteiger charge is 2.53. The molecule has 0 bridgehead atoms. The second kappa shape index (κ2) is 6.77.